The van der Waals surface area contributed by atoms with Gasteiger partial charge in [0, 0.05) is 23.3 Å². The molecular weight excluding hydrogens is 350 g/mol. The third-order valence-corrected chi connectivity index (χ3v) is 4.90. The van der Waals surface area contributed by atoms with E-state index < -0.39 is 5.76 Å². The van der Waals surface area contributed by atoms with Crippen LogP contribution in [0.25, 0.3) is 22.1 Å². The monoisotopic (exact) mass is 365 g/mol. The van der Waals surface area contributed by atoms with Crippen molar-refractivity contribution in [3.63, 3.8) is 0 Å². The molecule has 7 nitrogen and oxygen atoms in total. The molecule has 1 aromatic carbocycles. The van der Waals surface area contributed by atoms with Crippen LogP contribution >= 0.6 is 11.3 Å². The van der Waals surface area contributed by atoms with Crippen LogP contribution in [0.1, 0.15) is 18.2 Å². The minimum atomic E-state index is -0.549. The zero-order valence-electron chi connectivity index (χ0n) is 14.0. The van der Waals surface area contributed by atoms with Gasteiger partial charge in [-0.05, 0) is 12.0 Å². The molecule has 3 heterocycles. The molecule has 0 spiro atoms. The van der Waals surface area contributed by atoms with Crippen molar-refractivity contribution in [1.29, 1.82) is 0 Å². The highest BCUT2D eigenvalue weighted by molar-refractivity contribution is 7.13. The molecule has 130 valence electrons. The Hall–Kier alpha value is -3.13. The van der Waals surface area contributed by atoms with E-state index in [4.69, 9.17) is 4.52 Å². The summed E-state index contributed by atoms with van der Waals surface area (Å²) in [6, 6.07) is 8.34. The predicted octanol–water partition coefficient (Wildman–Crippen LogP) is 3.03. The lowest BCUT2D eigenvalue weighted by molar-refractivity contribution is 0.378. The van der Waals surface area contributed by atoms with Gasteiger partial charge in [-0.2, -0.15) is 0 Å². The first-order valence-electron chi connectivity index (χ1n) is 8.11. The summed E-state index contributed by atoms with van der Waals surface area (Å²) in [4.78, 5) is 24.8. The molecule has 0 saturated carbocycles. The maximum Gasteiger partial charge on any atom is 0.442 e. The standard InChI is InChI=1S/C18H15N5O2S/c1-2-12-3-5-13(6-4-12)17-21-14(11-26-17)10-23-16(22-25-18(23)24)15-9-19-7-8-20-15/h3-9,11H,2,10H2,1H3. The topological polar surface area (TPSA) is 86.7 Å². The summed E-state index contributed by atoms with van der Waals surface area (Å²) >= 11 is 1.54. The van der Waals surface area contributed by atoms with E-state index in [0.29, 0.717) is 11.5 Å². The van der Waals surface area contributed by atoms with Crippen molar-refractivity contribution in [3.8, 4) is 22.1 Å². The third kappa shape index (κ3) is 3.18. The zero-order valence-corrected chi connectivity index (χ0v) is 14.8. The molecular formula is C18H15N5O2S. The fourth-order valence-corrected chi connectivity index (χ4v) is 3.38. The Morgan fingerprint density at radius 1 is 1.19 bits per heavy atom. The summed E-state index contributed by atoms with van der Waals surface area (Å²) in [7, 11) is 0. The van der Waals surface area contributed by atoms with Gasteiger partial charge < -0.3 is 0 Å². The molecule has 0 fully saturated rings. The van der Waals surface area contributed by atoms with Crippen LogP contribution in [-0.2, 0) is 13.0 Å². The number of hydrogen-bond acceptors (Lipinski definition) is 7. The van der Waals surface area contributed by atoms with Crippen molar-refractivity contribution in [2.24, 2.45) is 0 Å². The maximum absolute atomic E-state index is 12.0. The highest BCUT2D eigenvalue weighted by atomic mass is 32.1. The molecule has 0 unspecified atom stereocenters. The van der Waals surface area contributed by atoms with Crippen LogP contribution in [0.4, 0.5) is 0 Å². The Kier molecular flexibility index (Phi) is 4.40. The third-order valence-electron chi connectivity index (χ3n) is 3.96. The summed E-state index contributed by atoms with van der Waals surface area (Å²) in [5.74, 6) is -0.211. The second-order valence-electron chi connectivity index (χ2n) is 5.64. The van der Waals surface area contributed by atoms with Gasteiger partial charge in [-0.25, -0.2) is 19.3 Å². The number of benzene rings is 1. The molecule has 0 N–H and O–H groups in total. The van der Waals surface area contributed by atoms with E-state index in [0.717, 1.165) is 22.7 Å². The van der Waals surface area contributed by atoms with E-state index in [-0.39, 0.29) is 6.54 Å². The van der Waals surface area contributed by atoms with E-state index in [1.165, 1.54) is 16.3 Å². The average molecular weight is 365 g/mol. The minimum Gasteiger partial charge on any atom is -0.295 e. The van der Waals surface area contributed by atoms with Gasteiger partial charge in [0.25, 0.3) is 0 Å². The van der Waals surface area contributed by atoms with E-state index >= 15 is 0 Å². The number of nitrogens with zero attached hydrogens (tertiary/aromatic N) is 5. The lowest BCUT2D eigenvalue weighted by atomic mass is 10.1. The first kappa shape index (κ1) is 16.3. The summed E-state index contributed by atoms with van der Waals surface area (Å²) in [5, 5.41) is 6.66. The number of thiazole rings is 1. The highest BCUT2D eigenvalue weighted by Gasteiger charge is 2.16. The van der Waals surface area contributed by atoms with Gasteiger partial charge in [-0.15, -0.1) is 11.3 Å². The largest absolute Gasteiger partial charge is 0.442 e. The minimum absolute atomic E-state index is 0.262. The molecule has 0 saturated heterocycles. The summed E-state index contributed by atoms with van der Waals surface area (Å²) in [6.07, 6.45) is 5.64. The van der Waals surface area contributed by atoms with Gasteiger partial charge >= 0.3 is 5.76 Å². The molecule has 0 atom stereocenters. The fourth-order valence-electron chi connectivity index (χ4n) is 2.56. The van der Waals surface area contributed by atoms with E-state index in [1.54, 1.807) is 23.7 Å². The molecule has 0 aliphatic rings. The number of rotatable bonds is 5. The van der Waals surface area contributed by atoms with Crippen LogP contribution in [0.2, 0.25) is 0 Å². The molecule has 26 heavy (non-hydrogen) atoms. The van der Waals surface area contributed by atoms with Crippen molar-refractivity contribution in [1.82, 2.24) is 24.7 Å². The highest BCUT2D eigenvalue weighted by Crippen LogP contribution is 2.25. The number of aryl methyl sites for hydroxylation is 1. The van der Waals surface area contributed by atoms with Gasteiger partial charge in [0.1, 0.15) is 10.7 Å². The van der Waals surface area contributed by atoms with Crippen LogP contribution in [0, 0.1) is 0 Å². The number of hydrogen-bond donors (Lipinski definition) is 0. The molecule has 0 bridgehead atoms. The zero-order chi connectivity index (χ0) is 17.9. The van der Waals surface area contributed by atoms with Crippen LogP contribution < -0.4 is 5.76 Å². The van der Waals surface area contributed by atoms with Gasteiger partial charge in [0.05, 0.1) is 18.4 Å². The van der Waals surface area contributed by atoms with Crippen molar-refractivity contribution >= 4 is 11.3 Å². The maximum atomic E-state index is 12.0. The average Bonchev–Trinajstić information content (AvgIpc) is 3.30. The van der Waals surface area contributed by atoms with Crippen molar-refractivity contribution in [3.05, 3.63) is 70.0 Å². The summed E-state index contributed by atoms with van der Waals surface area (Å²) in [6.45, 7) is 2.39. The molecule has 0 aliphatic carbocycles. The normalized spacial score (nSPS) is 11.0. The van der Waals surface area contributed by atoms with Gasteiger partial charge in [-0.1, -0.05) is 36.3 Å². The Bertz CT molecular complexity index is 1070. The van der Waals surface area contributed by atoms with Crippen molar-refractivity contribution in [2.45, 2.75) is 19.9 Å². The second kappa shape index (κ2) is 7.01. The fraction of sp³-hybridized carbons (Fsp3) is 0.167. The molecule has 0 amide bonds. The Balaban J connectivity index is 1.62. The Morgan fingerprint density at radius 3 is 2.77 bits per heavy atom. The van der Waals surface area contributed by atoms with E-state index in [1.807, 2.05) is 5.38 Å². The van der Waals surface area contributed by atoms with Crippen LogP contribution in [0.15, 0.2) is 57.6 Å². The summed E-state index contributed by atoms with van der Waals surface area (Å²) < 4.78 is 6.21. The first-order chi connectivity index (χ1) is 12.7. The van der Waals surface area contributed by atoms with Gasteiger partial charge in [0.2, 0.25) is 5.82 Å². The van der Waals surface area contributed by atoms with Crippen molar-refractivity contribution < 1.29 is 4.52 Å². The molecule has 0 radical (unpaired) electrons. The molecule has 4 rings (SSSR count). The lowest BCUT2D eigenvalue weighted by Crippen LogP contribution is -2.16. The molecule has 4 aromatic rings. The smallest absolute Gasteiger partial charge is 0.295 e. The predicted molar refractivity (Wildman–Crippen MR) is 97.8 cm³/mol. The van der Waals surface area contributed by atoms with Crippen LogP contribution in [0.5, 0.6) is 0 Å². The SMILES string of the molecule is CCc1ccc(-c2nc(Cn3c(-c4cnccn4)noc3=O)cs2)cc1. The Morgan fingerprint density at radius 2 is 2.04 bits per heavy atom. The lowest BCUT2D eigenvalue weighted by Gasteiger charge is -2.01. The van der Waals surface area contributed by atoms with Crippen LogP contribution in [-0.4, -0.2) is 24.7 Å². The molecule has 8 heteroatoms. The molecule has 3 aromatic heterocycles. The molecule has 0 aliphatic heterocycles. The second-order valence-corrected chi connectivity index (χ2v) is 6.50. The Labute approximate surface area is 153 Å². The number of aromatic nitrogens is 5. The van der Waals surface area contributed by atoms with E-state index in [9.17, 15) is 4.79 Å². The van der Waals surface area contributed by atoms with E-state index in [2.05, 4.69) is 51.3 Å². The van der Waals surface area contributed by atoms with Crippen molar-refractivity contribution in [2.75, 3.05) is 0 Å². The summed E-state index contributed by atoms with van der Waals surface area (Å²) in [5.41, 5.74) is 3.59. The quantitative estimate of drug-likeness (QED) is 0.540. The van der Waals surface area contributed by atoms with Crippen LogP contribution in [0.3, 0.4) is 0 Å². The van der Waals surface area contributed by atoms with Gasteiger partial charge in [0.15, 0.2) is 0 Å². The first-order valence-corrected chi connectivity index (χ1v) is 8.99. The van der Waals surface area contributed by atoms with Gasteiger partial charge in [-0.3, -0.25) is 9.51 Å².